The molecule has 3 rings (SSSR count). The minimum atomic E-state index is 0.0809. The standard InChI is InChI=1S/C13H15N5O/c14-6-8-1-2-11-9(3-8)4-13(19)18(11)7-10-5-12(15)17-16-10/h1-3,5H,4,6-7,14H2,(H3,15,16,17). The summed E-state index contributed by atoms with van der Waals surface area (Å²) in [5.74, 6) is 0.512. The van der Waals surface area contributed by atoms with E-state index in [2.05, 4.69) is 10.2 Å². The molecule has 0 atom stereocenters. The number of amides is 1. The Morgan fingerprint density at radius 1 is 1.37 bits per heavy atom. The molecule has 6 nitrogen and oxygen atoms in total. The van der Waals surface area contributed by atoms with Crippen molar-refractivity contribution >= 4 is 17.4 Å². The highest BCUT2D eigenvalue weighted by molar-refractivity contribution is 6.01. The van der Waals surface area contributed by atoms with Gasteiger partial charge in [-0.3, -0.25) is 9.89 Å². The minimum Gasteiger partial charge on any atom is -0.382 e. The highest BCUT2D eigenvalue weighted by atomic mass is 16.2. The van der Waals surface area contributed by atoms with Crippen LogP contribution >= 0.6 is 0 Å². The second-order valence-corrected chi connectivity index (χ2v) is 4.64. The number of fused-ring (bicyclic) bond motifs is 1. The van der Waals surface area contributed by atoms with Crippen LogP contribution in [0.2, 0.25) is 0 Å². The maximum atomic E-state index is 12.1. The van der Waals surface area contributed by atoms with E-state index >= 15 is 0 Å². The monoisotopic (exact) mass is 257 g/mol. The number of aromatic amines is 1. The minimum absolute atomic E-state index is 0.0809. The number of nitrogens with one attached hydrogen (secondary N) is 1. The number of aromatic nitrogens is 2. The van der Waals surface area contributed by atoms with Crippen molar-refractivity contribution in [2.75, 3.05) is 10.6 Å². The highest BCUT2D eigenvalue weighted by Crippen LogP contribution is 2.30. The molecule has 0 aliphatic carbocycles. The third-order valence-electron chi connectivity index (χ3n) is 3.29. The second kappa shape index (κ2) is 4.40. The second-order valence-electron chi connectivity index (χ2n) is 4.64. The molecule has 2 aromatic rings. The summed E-state index contributed by atoms with van der Waals surface area (Å²) in [4.78, 5) is 13.8. The van der Waals surface area contributed by atoms with E-state index in [0.29, 0.717) is 25.3 Å². The van der Waals surface area contributed by atoms with Crippen molar-refractivity contribution in [3.8, 4) is 0 Å². The van der Waals surface area contributed by atoms with E-state index in [1.165, 1.54) is 0 Å². The maximum absolute atomic E-state index is 12.1. The van der Waals surface area contributed by atoms with Gasteiger partial charge in [-0.25, -0.2) is 0 Å². The molecule has 1 aromatic carbocycles. The Hall–Kier alpha value is -2.34. The molecule has 6 heteroatoms. The molecule has 1 aromatic heterocycles. The number of hydrogen-bond acceptors (Lipinski definition) is 4. The van der Waals surface area contributed by atoms with Gasteiger partial charge in [0, 0.05) is 18.3 Å². The Balaban J connectivity index is 1.90. The molecule has 1 aliphatic heterocycles. The molecule has 0 radical (unpaired) electrons. The SMILES string of the molecule is NCc1ccc2c(c1)CC(=O)N2Cc1cc(N)n[nH]1. The predicted octanol–water partition coefficient (Wildman–Crippen LogP) is 0.540. The fourth-order valence-electron chi connectivity index (χ4n) is 2.37. The summed E-state index contributed by atoms with van der Waals surface area (Å²) in [6.45, 7) is 0.941. The fourth-order valence-corrected chi connectivity index (χ4v) is 2.37. The van der Waals surface area contributed by atoms with E-state index in [0.717, 1.165) is 22.5 Å². The number of carbonyl (C=O) groups is 1. The fraction of sp³-hybridized carbons (Fsp3) is 0.231. The summed E-state index contributed by atoms with van der Waals surface area (Å²) in [6, 6.07) is 7.63. The molecule has 0 spiro atoms. The predicted molar refractivity (Wildman–Crippen MR) is 72.2 cm³/mol. The van der Waals surface area contributed by atoms with E-state index in [-0.39, 0.29) is 5.91 Å². The molecular formula is C13H15N5O. The molecule has 19 heavy (non-hydrogen) atoms. The van der Waals surface area contributed by atoms with Gasteiger partial charge in [-0.1, -0.05) is 12.1 Å². The zero-order valence-corrected chi connectivity index (χ0v) is 10.4. The Bertz CT molecular complexity index is 634. The Labute approximate surface area is 110 Å². The van der Waals surface area contributed by atoms with Gasteiger partial charge in [0.2, 0.25) is 5.91 Å². The van der Waals surface area contributed by atoms with Crippen molar-refractivity contribution in [1.82, 2.24) is 10.2 Å². The van der Waals surface area contributed by atoms with Gasteiger partial charge in [0.1, 0.15) is 5.82 Å². The highest BCUT2D eigenvalue weighted by Gasteiger charge is 2.27. The van der Waals surface area contributed by atoms with Gasteiger partial charge in [-0.05, 0) is 17.2 Å². The van der Waals surface area contributed by atoms with Crippen LogP contribution in [0, 0.1) is 0 Å². The summed E-state index contributed by atoms with van der Waals surface area (Å²) in [6.07, 6.45) is 0.423. The quantitative estimate of drug-likeness (QED) is 0.747. The largest absolute Gasteiger partial charge is 0.382 e. The number of benzene rings is 1. The lowest BCUT2D eigenvalue weighted by Crippen LogP contribution is -2.26. The lowest BCUT2D eigenvalue weighted by atomic mass is 10.1. The third kappa shape index (κ3) is 2.06. The van der Waals surface area contributed by atoms with Crippen LogP contribution in [-0.2, 0) is 24.3 Å². The van der Waals surface area contributed by atoms with E-state index in [9.17, 15) is 4.79 Å². The molecule has 5 N–H and O–H groups in total. The van der Waals surface area contributed by atoms with Gasteiger partial charge >= 0.3 is 0 Å². The lowest BCUT2D eigenvalue weighted by Gasteiger charge is -2.16. The number of nitrogens with zero attached hydrogens (tertiary/aromatic N) is 2. The van der Waals surface area contributed by atoms with Gasteiger partial charge in [0.15, 0.2) is 0 Å². The molecule has 0 bridgehead atoms. The van der Waals surface area contributed by atoms with E-state index in [4.69, 9.17) is 11.5 Å². The Morgan fingerprint density at radius 3 is 2.89 bits per heavy atom. The van der Waals surface area contributed by atoms with Crippen molar-refractivity contribution in [1.29, 1.82) is 0 Å². The van der Waals surface area contributed by atoms with Crippen LogP contribution in [0.1, 0.15) is 16.8 Å². The van der Waals surface area contributed by atoms with Crippen molar-refractivity contribution in [3.63, 3.8) is 0 Å². The third-order valence-corrected chi connectivity index (χ3v) is 3.29. The van der Waals surface area contributed by atoms with Crippen LogP contribution in [0.5, 0.6) is 0 Å². The van der Waals surface area contributed by atoms with Crippen LogP contribution in [0.4, 0.5) is 11.5 Å². The van der Waals surface area contributed by atoms with Crippen LogP contribution in [0.3, 0.4) is 0 Å². The molecule has 2 heterocycles. The van der Waals surface area contributed by atoms with Crippen molar-refractivity contribution < 1.29 is 4.79 Å². The van der Waals surface area contributed by atoms with Gasteiger partial charge < -0.3 is 16.4 Å². The van der Waals surface area contributed by atoms with Gasteiger partial charge in [-0.15, -0.1) is 0 Å². The summed E-state index contributed by atoms with van der Waals surface area (Å²) < 4.78 is 0. The van der Waals surface area contributed by atoms with Crippen LogP contribution < -0.4 is 16.4 Å². The Kier molecular flexibility index (Phi) is 2.72. The number of carbonyl (C=O) groups excluding carboxylic acids is 1. The molecule has 0 saturated carbocycles. The number of nitrogen functional groups attached to an aromatic ring is 1. The Morgan fingerprint density at radius 2 is 2.21 bits per heavy atom. The topological polar surface area (TPSA) is 101 Å². The first-order valence-electron chi connectivity index (χ1n) is 6.09. The van der Waals surface area contributed by atoms with Gasteiger partial charge in [0.25, 0.3) is 0 Å². The van der Waals surface area contributed by atoms with Crippen LogP contribution in [0.15, 0.2) is 24.3 Å². The van der Waals surface area contributed by atoms with Crippen LogP contribution in [-0.4, -0.2) is 16.1 Å². The first-order valence-corrected chi connectivity index (χ1v) is 6.09. The number of anilines is 2. The van der Waals surface area contributed by atoms with E-state index in [1.807, 2.05) is 18.2 Å². The summed E-state index contributed by atoms with van der Waals surface area (Å²) >= 11 is 0. The molecule has 1 aliphatic rings. The van der Waals surface area contributed by atoms with Crippen LogP contribution in [0.25, 0.3) is 0 Å². The molecule has 1 amide bonds. The molecule has 0 unspecified atom stereocenters. The molecule has 0 saturated heterocycles. The summed E-state index contributed by atoms with van der Waals surface area (Å²) in [5, 5.41) is 6.68. The lowest BCUT2D eigenvalue weighted by molar-refractivity contribution is -0.117. The number of nitrogens with two attached hydrogens (primary N) is 2. The van der Waals surface area contributed by atoms with E-state index < -0.39 is 0 Å². The number of rotatable bonds is 3. The first-order chi connectivity index (χ1) is 9.17. The number of H-pyrrole nitrogens is 1. The zero-order valence-electron chi connectivity index (χ0n) is 10.4. The molecular weight excluding hydrogens is 242 g/mol. The van der Waals surface area contributed by atoms with E-state index in [1.54, 1.807) is 11.0 Å². The van der Waals surface area contributed by atoms with Gasteiger partial charge in [0.05, 0.1) is 18.7 Å². The van der Waals surface area contributed by atoms with Crippen molar-refractivity contribution in [3.05, 3.63) is 41.1 Å². The first kappa shape index (κ1) is 11.7. The summed E-state index contributed by atoms with van der Waals surface area (Å²) in [5.41, 5.74) is 15.0. The average molecular weight is 257 g/mol. The smallest absolute Gasteiger partial charge is 0.231 e. The van der Waals surface area contributed by atoms with Crippen molar-refractivity contribution in [2.24, 2.45) is 5.73 Å². The maximum Gasteiger partial charge on any atom is 0.231 e. The zero-order chi connectivity index (χ0) is 13.4. The van der Waals surface area contributed by atoms with Crippen molar-refractivity contribution in [2.45, 2.75) is 19.5 Å². The average Bonchev–Trinajstić information content (AvgIpc) is 2.94. The number of hydrogen-bond donors (Lipinski definition) is 3. The molecule has 98 valence electrons. The van der Waals surface area contributed by atoms with Gasteiger partial charge in [-0.2, -0.15) is 5.10 Å². The summed E-state index contributed by atoms with van der Waals surface area (Å²) in [7, 11) is 0. The molecule has 0 fully saturated rings. The normalized spacial score (nSPS) is 13.9.